The van der Waals surface area contributed by atoms with Crippen molar-refractivity contribution in [1.82, 2.24) is 10.2 Å². The van der Waals surface area contributed by atoms with Crippen LogP contribution in [0.25, 0.3) is 0 Å². The Bertz CT molecular complexity index is 1230. The van der Waals surface area contributed by atoms with E-state index in [0.29, 0.717) is 17.7 Å². The summed E-state index contributed by atoms with van der Waals surface area (Å²) in [4.78, 5) is 54.6. The summed E-state index contributed by atoms with van der Waals surface area (Å²) in [5, 5.41) is 5.59. The van der Waals surface area contributed by atoms with Gasteiger partial charge in [0.2, 0.25) is 11.8 Å². The van der Waals surface area contributed by atoms with Crippen LogP contribution in [0.5, 0.6) is 0 Å². The number of anilines is 1. The Labute approximate surface area is 244 Å². The van der Waals surface area contributed by atoms with Crippen molar-refractivity contribution in [3.63, 3.8) is 0 Å². The van der Waals surface area contributed by atoms with Crippen molar-refractivity contribution >= 4 is 29.5 Å². The van der Waals surface area contributed by atoms with E-state index >= 15 is 0 Å². The first-order valence-electron chi connectivity index (χ1n) is 14.2. The van der Waals surface area contributed by atoms with Gasteiger partial charge in [0.25, 0.3) is 5.91 Å². The molecule has 0 aromatic heterocycles. The number of ether oxygens (including phenoxy) is 1. The normalized spacial score (nSPS) is 12.7. The van der Waals surface area contributed by atoms with Crippen molar-refractivity contribution in [3.8, 4) is 0 Å². The van der Waals surface area contributed by atoms with Gasteiger partial charge < -0.3 is 26.0 Å². The fraction of sp³-hybridized carbons (Fsp3) is 0.500. The highest BCUT2D eigenvalue weighted by Gasteiger charge is 2.37. The molecule has 0 radical (unpaired) electrons. The first-order valence-corrected chi connectivity index (χ1v) is 14.2. The third kappa shape index (κ3) is 9.62. The molecule has 9 heteroatoms. The van der Waals surface area contributed by atoms with E-state index in [1.807, 2.05) is 71.0 Å². The number of hydrogen-bond donors (Lipinski definition) is 3. The first kappa shape index (κ1) is 33.3. The van der Waals surface area contributed by atoms with Crippen LogP contribution < -0.4 is 16.4 Å². The van der Waals surface area contributed by atoms with Crippen molar-refractivity contribution in [2.24, 2.45) is 5.73 Å². The fourth-order valence-corrected chi connectivity index (χ4v) is 4.67. The van der Waals surface area contributed by atoms with Crippen LogP contribution >= 0.6 is 0 Å². The van der Waals surface area contributed by atoms with Crippen molar-refractivity contribution in [3.05, 3.63) is 64.2 Å². The van der Waals surface area contributed by atoms with Crippen LogP contribution in [0.2, 0.25) is 0 Å². The summed E-state index contributed by atoms with van der Waals surface area (Å²) in [6.45, 7) is 15.1. The van der Waals surface area contributed by atoms with Crippen LogP contribution in [0.4, 0.5) is 10.5 Å². The highest BCUT2D eigenvalue weighted by atomic mass is 16.6. The lowest BCUT2D eigenvalue weighted by atomic mass is 9.94. The van der Waals surface area contributed by atoms with Crippen LogP contribution in [-0.4, -0.2) is 46.9 Å². The van der Waals surface area contributed by atoms with Gasteiger partial charge in [-0.15, -0.1) is 0 Å². The van der Waals surface area contributed by atoms with E-state index in [-0.39, 0.29) is 6.54 Å². The lowest BCUT2D eigenvalue weighted by Gasteiger charge is -2.35. The van der Waals surface area contributed by atoms with Gasteiger partial charge in [0.15, 0.2) is 0 Å². The lowest BCUT2D eigenvalue weighted by Crippen LogP contribution is -2.53. The molecule has 0 aliphatic heterocycles. The van der Waals surface area contributed by atoms with Crippen molar-refractivity contribution in [1.29, 1.82) is 0 Å². The molecule has 2 aromatic rings. The molecule has 0 spiro atoms. The number of nitrogens with one attached hydrogen (secondary N) is 2. The molecule has 0 saturated carbocycles. The molecule has 2 unspecified atom stereocenters. The Morgan fingerprint density at radius 2 is 1.51 bits per heavy atom. The molecule has 0 bridgehead atoms. The molecular formula is C32H46N4O5. The van der Waals surface area contributed by atoms with E-state index in [4.69, 9.17) is 10.5 Å². The van der Waals surface area contributed by atoms with E-state index in [2.05, 4.69) is 10.6 Å². The average molecular weight is 567 g/mol. The summed E-state index contributed by atoms with van der Waals surface area (Å²) >= 11 is 0. The highest BCUT2D eigenvalue weighted by Crippen LogP contribution is 2.30. The molecule has 0 saturated heterocycles. The Balaban J connectivity index is 2.65. The molecule has 2 atom stereocenters. The number of primary amides is 1. The monoisotopic (exact) mass is 566 g/mol. The van der Waals surface area contributed by atoms with Crippen molar-refractivity contribution < 1.29 is 23.9 Å². The molecule has 224 valence electrons. The number of carbonyl (C=O) groups excluding carboxylic acids is 4. The minimum absolute atomic E-state index is 0.232. The SMILES string of the molecule is CCCCCN(C(=O)C(CC(N)=O)NC(=O)OC(C)(C)C)C(C(=O)Nc1c(C)cccc1C)c1cccc(C)c1C. The second-order valence-electron chi connectivity index (χ2n) is 11.6. The Morgan fingerprint density at radius 3 is 2.07 bits per heavy atom. The van der Waals surface area contributed by atoms with Gasteiger partial charge in [0.05, 0.1) is 6.42 Å². The largest absolute Gasteiger partial charge is 0.444 e. The zero-order valence-electron chi connectivity index (χ0n) is 25.7. The number of rotatable bonds is 12. The highest BCUT2D eigenvalue weighted by molar-refractivity contribution is 6.00. The summed E-state index contributed by atoms with van der Waals surface area (Å²) in [7, 11) is 0. The maximum absolute atomic E-state index is 14.2. The summed E-state index contributed by atoms with van der Waals surface area (Å²) in [6, 6.07) is 9.02. The standard InChI is InChI=1S/C32H46N4O5/c1-9-10-11-18-36(30(39)25(19-26(33)37)34-31(40)41-32(6,7)8)28(24-17-13-14-20(2)23(24)5)29(38)35-27-21(3)15-12-16-22(27)4/h12-17,25,28H,9-11,18-19H2,1-8H3,(H2,33,37)(H,34,40)(H,35,38). The molecule has 0 aliphatic rings. The van der Waals surface area contributed by atoms with E-state index in [1.54, 1.807) is 20.8 Å². The van der Waals surface area contributed by atoms with Crippen LogP contribution in [0.15, 0.2) is 36.4 Å². The summed E-state index contributed by atoms with van der Waals surface area (Å²) < 4.78 is 5.36. The summed E-state index contributed by atoms with van der Waals surface area (Å²) in [5.74, 6) is -1.75. The molecule has 9 nitrogen and oxygen atoms in total. The lowest BCUT2D eigenvalue weighted by molar-refractivity contribution is -0.142. The van der Waals surface area contributed by atoms with Crippen LogP contribution in [0.3, 0.4) is 0 Å². The Hall–Kier alpha value is -3.88. The Morgan fingerprint density at radius 1 is 0.927 bits per heavy atom. The molecule has 2 aromatic carbocycles. The van der Waals surface area contributed by atoms with Gasteiger partial charge in [-0.3, -0.25) is 14.4 Å². The van der Waals surface area contributed by atoms with Crippen LogP contribution in [-0.2, 0) is 19.1 Å². The number of nitrogens with two attached hydrogens (primary N) is 1. The minimum atomic E-state index is -1.32. The van der Waals surface area contributed by atoms with Crippen molar-refractivity contribution in [2.75, 3.05) is 11.9 Å². The summed E-state index contributed by atoms with van der Waals surface area (Å²) in [5.41, 5.74) is 9.63. The Kier molecular flexibility index (Phi) is 11.9. The van der Waals surface area contributed by atoms with Gasteiger partial charge in [0, 0.05) is 12.2 Å². The zero-order chi connectivity index (χ0) is 30.9. The number of unbranched alkanes of at least 4 members (excludes halogenated alkanes) is 2. The molecule has 0 heterocycles. The second-order valence-corrected chi connectivity index (χ2v) is 11.6. The number of amides is 4. The van der Waals surface area contributed by atoms with Gasteiger partial charge in [-0.25, -0.2) is 4.79 Å². The molecule has 0 fully saturated rings. The predicted molar refractivity (Wildman–Crippen MR) is 161 cm³/mol. The van der Waals surface area contributed by atoms with E-state index in [1.165, 1.54) is 4.90 Å². The third-order valence-electron chi connectivity index (χ3n) is 6.91. The van der Waals surface area contributed by atoms with Gasteiger partial charge in [-0.1, -0.05) is 56.2 Å². The molecule has 0 aliphatic carbocycles. The average Bonchev–Trinajstić information content (AvgIpc) is 2.86. The topological polar surface area (TPSA) is 131 Å². The van der Waals surface area contributed by atoms with Gasteiger partial charge in [0.1, 0.15) is 17.7 Å². The van der Waals surface area contributed by atoms with E-state index in [0.717, 1.165) is 35.1 Å². The third-order valence-corrected chi connectivity index (χ3v) is 6.91. The maximum Gasteiger partial charge on any atom is 0.408 e. The zero-order valence-corrected chi connectivity index (χ0v) is 25.7. The quantitative estimate of drug-likeness (QED) is 0.297. The number of hydrogen-bond acceptors (Lipinski definition) is 5. The van der Waals surface area contributed by atoms with Gasteiger partial charge in [-0.2, -0.15) is 0 Å². The van der Waals surface area contributed by atoms with Gasteiger partial charge >= 0.3 is 6.09 Å². The number of para-hydroxylation sites is 1. The molecule has 41 heavy (non-hydrogen) atoms. The van der Waals surface area contributed by atoms with Crippen LogP contribution in [0, 0.1) is 27.7 Å². The van der Waals surface area contributed by atoms with Crippen LogP contribution in [0.1, 0.15) is 87.2 Å². The molecule has 2 rings (SSSR count). The number of aryl methyl sites for hydroxylation is 3. The number of benzene rings is 2. The molecule has 4 amide bonds. The fourth-order valence-electron chi connectivity index (χ4n) is 4.67. The maximum atomic E-state index is 14.2. The smallest absolute Gasteiger partial charge is 0.408 e. The predicted octanol–water partition coefficient (Wildman–Crippen LogP) is 5.39. The first-order chi connectivity index (χ1) is 19.2. The minimum Gasteiger partial charge on any atom is -0.444 e. The molecule has 4 N–H and O–H groups in total. The van der Waals surface area contributed by atoms with E-state index < -0.39 is 47.9 Å². The molecular weight excluding hydrogens is 520 g/mol. The van der Waals surface area contributed by atoms with Gasteiger partial charge in [-0.05, 0) is 82.7 Å². The number of nitrogens with zero attached hydrogens (tertiary/aromatic N) is 1. The second kappa shape index (κ2) is 14.7. The number of carbonyl (C=O) groups is 4. The summed E-state index contributed by atoms with van der Waals surface area (Å²) in [6.07, 6.45) is 1.04. The van der Waals surface area contributed by atoms with Crippen molar-refractivity contribution in [2.45, 2.75) is 98.8 Å². The van der Waals surface area contributed by atoms with E-state index in [9.17, 15) is 19.2 Å². The number of alkyl carbamates (subject to hydrolysis) is 1.